The Morgan fingerprint density at radius 2 is 2.10 bits per heavy atom. The number of likely N-dealkylation sites (tertiary alicyclic amines) is 1. The molecule has 0 spiro atoms. The highest BCUT2D eigenvalue weighted by atomic mass is 16.3. The van der Waals surface area contributed by atoms with E-state index in [1.165, 1.54) is 6.07 Å². The van der Waals surface area contributed by atoms with E-state index in [-0.39, 0.29) is 35.7 Å². The van der Waals surface area contributed by atoms with Crippen molar-refractivity contribution in [3.63, 3.8) is 0 Å². The van der Waals surface area contributed by atoms with Crippen LogP contribution in [0.4, 0.5) is 0 Å². The summed E-state index contributed by atoms with van der Waals surface area (Å²) in [7, 11) is 0. The number of rotatable bonds is 5. The van der Waals surface area contributed by atoms with E-state index in [1.54, 1.807) is 39.5 Å². The molecule has 2 aromatic heterocycles. The van der Waals surface area contributed by atoms with Crippen LogP contribution in [0, 0.1) is 5.92 Å². The lowest BCUT2D eigenvalue weighted by Crippen LogP contribution is -2.54. The monoisotopic (exact) mass is 430 g/mol. The molecule has 4 heterocycles. The molecule has 2 aliphatic rings. The molecule has 0 saturated carbocycles. The second kappa shape index (κ2) is 10.0. The van der Waals surface area contributed by atoms with Gasteiger partial charge in [-0.25, -0.2) is 0 Å². The van der Waals surface area contributed by atoms with Gasteiger partial charge in [-0.1, -0.05) is 11.3 Å². The number of aryl methyl sites for hydroxylation is 1. The molecule has 11 heteroatoms. The molecule has 1 fully saturated rings. The van der Waals surface area contributed by atoms with Gasteiger partial charge in [0.15, 0.2) is 0 Å². The van der Waals surface area contributed by atoms with Gasteiger partial charge in [0.2, 0.25) is 11.8 Å². The maximum Gasteiger partial charge on any atom is 0.290 e. The Bertz CT molecular complexity index is 973. The molecule has 0 unspecified atom stereocenters. The molecule has 2 N–H and O–H groups in total. The Balaban J connectivity index is 0.000000858. The van der Waals surface area contributed by atoms with Gasteiger partial charge in [-0.05, 0) is 18.9 Å². The highest BCUT2D eigenvalue weighted by Gasteiger charge is 2.44. The minimum Gasteiger partial charge on any atom is -0.483 e. The molecule has 11 nitrogen and oxygen atoms in total. The summed E-state index contributed by atoms with van der Waals surface area (Å²) in [5.41, 5.74) is 0.684. The van der Waals surface area contributed by atoms with E-state index in [0.717, 1.165) is 12.1 Å². The zero-order valence-corrected chi connectivity index (χ0v) is 17.3. The van der Waals surface area contributed by atoms with E-state index >= 15 is 0 Å². The molecule has 0 aliphatic carbocycles. The van der Waals surface area contributed by atoms with Crippen molar-refractivity contribution in [1.29, 1.82) is 0 Å². The fourth-order valence-electron chi connectivity index (χ4n) is 4.44. The van der Waals surface area contributed by atoms with Crippen molar-refractivity contribution in [2.75, 3.05) is 19.6 Å². The van der Waals surface area contributed by atoms with E-state index in [2.05, 4.69) is 15.6 Å². The summed E-state index contributed by atoms with van der Waals surface area (Å²) in [6.07, 6.45) is 4.91. The molecule has 2 aromatic rings. The van der Waals surface area contributed by atoms with Crippen LogP contribution in [0.5, 0.6) is 0 Å². The fourth-order valence-corrected chi connectivity index (χ4v) is 4.44. The van der Waals surface area contributed by atoms with Crippen LogP contribution in [-0.4, -0.2) is 67.5 Å². The molecular weight excluding hydrogens is 404 g/mol. The molecule has 31 heavy (non-hydrogen) atoms. The Labute approximate surface area is 178 Å². The van der Waals surface area contributed by atoms with Gasteiger partial charge < -0.3 is 15.3 Å². The van der Waals surface area contributed by atoms with Crippen molar-refractivity contribution in [3.8, 4) is 0 Å². The van der Waals surface area contributed by atoms with Gasteiger partial charge in [-0.2, -0.15) is 0 Å². The summed E-state index contributed by atoms with van der Waals surface area (Å²) >= 11 is 0. The number of carbonyl (C=O) groups excluding carboxylic acids is 2. The number of hydrogen-bond donors (Lipinski definition) is 2. The first-order chi connectivity index (χ1) is 15.0. The number of aromatic nitrogens is 4. The maximum absolute atomic E-state index is 13.0. The minimum absolute atomic E-state index is 0.00779. The molecular formula is C20H26N6O5. The molecule has 4 rings (SSSR count). The third-order valence-electron chi connectivity index (χ3n) is 5.70. The Kier molecular flexibility index (Phi) is 7.16. The van der Waals surface area contributed by atoms with E-state index in [4.69, 9.17) is 9.90 Å². The topological polar surface area (TPSA) is 139 Å². The predicted octanol–water partition coefficient (Wildman–Crippen LogP) is -0.146. The molecule has 166 valence electrons. The number of nitrogens with zero attached hydrogens (tertiary/aromatic N) is 5. The van der Waals surface area contributed by atoms with Crippen molar-refractivity contribution < 1.29 is 19.5 Å². The lowest BCUT2D eigenvalue weighted by molar-refractivity contribution is -0.135. The first-order valence-corrected chi connectivity index (χ1v) is 10.1. The molecule has 3 atom stereocenters. The minimum atomic E-state index is -0.589. The number of piperidine rings is 1. The number of hydrogen-bond acceptors (Lipinski definition) is 6. The predicted molar refractivity (Wildman–Crippen MR) is 109 cm³/mol. The normalized spacial score (nSPS) is 21.3. The second-order valence-corrected chi connectivity index (χ2v) is 7.64. The molecule has 0 radical (unpaired) electrons. The fraction of sp³-hybridized carbons (Fsp3) is 0.500. The van der Waals surface area contributed by atoms with E-state index in [1.807, 2.05) is 6.07 Å². The van der Waals surface area contributed by atoms with E-state index in [0.29, 0.717) is 32.6 Å². The van der Waals surface area contributed by atoms with Crippen LogP contribution in [-0.2, 0) is 20.9 Å². The standard InChI is InChI=1S/C19H24N6O3.CH2O2/c1-13(26)23-11-14-10-15(12-23)18(25-16(14)4-2-5-17(25)27)19(28)20-6-3-8-24-9-7-21-22-24;2-1-3/h2,4-5,7,9,14-15,18H,3,6,8,10-12H2,1H3,(H,20,28);1H,(H,2,3)/t14-,15+,18-;/m1./s1. The van der Waals surface area contributed by atoms with Gasteiger partial charge in [0.05, 0.1) is 6.20 Å². The Morgan fingerprint density at radius 1 is 1.32 bits per heavy atom. The average molecular weight is 430 g/mol. The third kappa shape index (κ3) is 4.98. The molecule has 2 aliphatic heterocycles. The number of carboxylic acid groups (broad SMARTS) is 1. The summed E-state index contributed by atoms with van der Waals surface area (Å²) in [6.45, 7) is 3.55. The van der Waals surface area contributed by atoms with Crippen molar-refractivity contribution in [1.82, 2.24) is 29.8 Å². The van der Waals surface area contributed by atoms with Crippen LogP contribution in [0.25, 0.3) is 0 Å². The summed E-state index contributed by atoms with van der Waals surface area (Å²) in [6, 6.07) is 4.54. The quantitative estimate of drug-likeness (QED) is 0.497. The number of amides is 2. The summed E-state index contributed by atoms with van der Waals surface area (Å²) in [5, 5.41) is 17.5. The summed E-state index contributed by atoms with van der Waals surface area (Å²) in [4.78, 5) is 47.7. The lowest BCUT2D eigenvalue weighted by atomic mass is 9.78. The third-order valence-corrected chi connectivity index (χ3v) is 5.70. The van der Waals surface area contributed by atoms with Gasteiger partial charge in [0.1, 0.15) is 6.04 Å². The van der Waals surface area contributed by atoms with Crippen LogP contribution in [0.3, 0.4) is 0 Å². The van der Waals surface area contributed by atoms with Crippen LogP contribution in [0.15, 0.2) is 35.4 Å². The number of pyridine rings is 1. The zero-order chi connectivity index (χ0) is 22.4. The average Bonchev–Trinajstić information content (AvgIpc) is 3.26. The van der Waals surface area contributed by atoms with Crippen molar-refractivity contribution in [2.24, 2.45) is 5.92 Å². The molecule has 0 aromatic carbocycles. The lowest BCUT2D eigenvalue weighted by Gasteiger charge is -2.46. The molecule has 1 saturated heterocycles. The highest BCUT2D eigenvalue weighted by molar-refractivity contribution is 5.81. The van der Waals surface area contributed by atoms with Crippen molar-refractivity contribution in [3.05, 3.63) is 46.6 Å². The van der Waals surface area contributed by atoms with Gasteiger partial charge in [-0.15, -0.1) is 5.10 Å². The number of nitrogens with one attached hydrogen (secondary N) is 1. The molecule has 2 amide bonds. The largest absolute Gasteiger partial charge is 0.483 e. The Morgan fingerprint density at radius 3 is 2.77 bits per heavy atom. The SMILES string of the molecule is CC(=O)N1C[C@H]2C[C@@H](C1)[C@H](C(=O)NCCCn1ccnn1)n1c2cccc1=O.O=CO. The van der Waals surface area contributed by atoms with Crippen molar-refractivity contribution >= 4 is 18.3 Å². The number of carbonyl (C=O) groups is 3. The first kappa shape index (κ1) is 22.2. The summed E-state index contributed by atoms with van der Waals surface area (Å²) in [5.74, 6) is -0.131. The van der Waals surface area contributed by atoms with Crippen molar-refractivity contribution in [2.45, 2.75) is 38.3 Å². The van der Waals surface area contributed by atoms with E-state index in [9.17, 15) is 14.4 Å². The van der Waals surface area contributed by atoms with Crippen LogP contribution in [0.1, 0.15) is 37.4 Å². The van der Waals surface area contributed by atoms with Crippen LogP contribution in [0.2, 0.25) is 0 Å². The van der Waals surface area contributed by atoms with Gasteiger partial charge in [0, 0.05) is 62.9 Å². The van der Waals surface area contributed by atoms with Gasteiger partial charge >= 0.3 is 0 Å². The van der Waals surface area contributed by atoms with Crippen LogP contribution >= 0.6 is 0 Å². The first-order valence-electron chi connectivity index (χ1n) is 10.1. The number of fused-ring (bicyclic) bond motifs is 4. The smallest absolute Gasteiger partial charge is 0.290 e. The van der Waals surface area contributed by atoms with Crippen LogP contribution < -0.4 is 10.9 Å². The Hall–Kier alpha value is -3.50. The van der Waals surface area contributed by atoms with Gasteiger partial charge in [0.25, 0.3) is 12.0 Å². The summed E-state index contributed by atoms with van der Waals surface area (Å²) < 4.78 is 3.35. The second-order valence-electron chi connectivity index (χ2n) is 7.64. The molecule has 2 bridgehead atoms. The van der Waals surface area contributed by atoms with E-state index < -0.39 is 6.04 Å². The zero-order valence-electron chi connectivity index (χ0n) is 17.3. The highest BCUT2D eigenvalue weighted by Crippen LogP contribution is 2.41. The van der Waals surface area contributed by atoms with Gasteiger partial charge in [-0.3, -0.25) is 28.4 Å². The maximum atomic E-state index is 13.0.